The molecule has 0 bridgehead atoms. The number of carbonyl (C=O) groups is 2. The molecule has 0 aliphatic carbocycles. The molecule has 3 aromatic rings. The van der Waals surface area contributed by atoms with Crippen LogP contribution in [0.2, 0.25) is 0 Å². The molecule has 29 heavy (non-hydrogen) atoms. The molecule has 1 atom stereocenters. The van der Waals surface area contributed by atoms with Gasteiger partial charge in [0.2, 0.25) is 11.1 Å². The zero-order chi connectivity index (χ0) is 20.7. The van der Waals surface area contributed by atoms with Gasteiger partial charge in [0.05, 0.1) is 16.8 Å². The fourth-order valence-corrected chi connectivity index (χ4v) is 3.87. The quantitative estimate of drug-likeness (QED) is 0.507. The number of amides is 1. The number of hydrogen-bond acceptors (Lipinski definition) is 5. The van der Waals surface area contributed by atoms with Gasteiger partial charge in [0.15, 0.2) is 0 Å². The largest absolute Gasteiger partial charge is 0.478 e. The summed E-state index contributed by atoms with van der Waals surface area (Å²) in [7, 11) is 0. The number of nitrogens with zero attached hydrogens (tertiary/aromatic N) is 3. The predicted octanol–water partition coefficient (Wildman–Crippen LogP) is 2.06. The first kappa shape index (κ1) is 18.9. The number of anilines is 1. The number of fused-ring (bicyclic) bond motifs is 3. The van der Waals surface area contributed by atoms with Gasteiger partial charge >= 0.3 is 17.2 Å². The molecule has 0 fully saturated rings. The van der Waals surface area contributed by atoms with Crippen molar-refractivity contribution in [2.24, 2.45) is 0 Å². The van der Waals surface area contributed by atoms with Crippen molar-refractivity contribution < 1.29 is 19.4 Å². The molecule has 1 amide bonds. The summed E-state index contributed by atoms with van der Waals surface area (Å²) >= 11 is 1.28. The van der Waals surface area contributed by atoms with Crippen LogP contribution >= 0.6 is 11.8 Å². The summed E-state index contributed by atoms with van der Waals surface area (Å²) in [4.78, 5) is 41.1. The van der Waals surface area contributed by atoms with Gasteiger partial charge in [-0.25, -0.2) is 9.69 Å². The molecule has 2 aromatic carbocycles. The van der Waals surface area contributed by atoms with Crippen molar-refractivity contribution in [1.82, 2.24) is 10.1 Å². The van der Waals surface area contributed by atoms with E-state index in [0.29, 0.717) is 27.7 Å². The Morgan fingerprint density at radius 2 is 1.86 bits per heavy atom. The van der Waals surface area contributed by atoms with Gasteiger partial charge in [-0.3, -0.25) is 14.6 Å². The molecule has 146 valence electrons. The summed E-state index contributed by atoms with van der Waals surface area (Å²) in [6.45, 7) is 1.45. The standard InChI is InChI=1S/C20H16N4O4S/c1-11(25)23-15-6-4-3-5-14(15)16-17(26)21-20(29-2)22-24(16)18(23)12-7-9-13(10-8-12)19(27)28/h3-10,18H,1-2H3,(H-,21,22,26,27,28)/p+1/t18-/m0/s1. The van der Waals surface area contributed by atoms with Crippen LogP contribution in [0.3, 0.4) is 0 Å². The number of rotatable bonds is 3. The fraction of sp³-hybridized carbons (Fsp3) is 0.150. The van der Waals surface area contributed by atoms with E-state index in [1.807, 2.05) is 0 Å². The lowest BCUT2D eigenvalue weighted by atomic mass is 10.0. The van der Waals surface area contributed by atoms with E-state index in [-0.39, 0.29) is 17.0 Å². The number of aromatic carboxylic acids is 1. The molecule has 0 spiro atoms. The Morgan fingerprint density at radius 1 is 1.17 bits per heavy atom. The van der Waals surface area contributed by atoms with Crippen LogP contribution < -0.4 is 15.1 Å². The number of para-hydroxylation sites is 1. The second kappa shape index (κ2) is 7.17. The van der Waals surface area contributed by atoms with Gasteiger partial charge in [0, 0.05) is 17.6 Å². The fourth-order valence-electron chi connectivity index (χ4n) is 3.50. The van der Waals surface area contributed by atoms with Gasteiger partial charge in [0.1, 0.15) is 0 Å². The van der Waals surface area contributed by atoms with Gasteiger partial charge in [0.25, 0.3) is 6.17 Å². The second-order valence-corrected chi connectivity index (χ2v) is 7.26. The highest BCUT2D eigenvalue weighted by Gasteiger charge is 2.44. The van der Waals surface area contributed by atoms with Gasteiger partial charge in [-0.15, -0.1) is 0 Å². The minimum atomic E-state index is -1.04. The maximum Gasteiger partial charge on any atom is 0.335 e. The van der Waals surface area contributed by atoms with Crippen LogP contribution in [-0.2, 0) is 4.79 Å². The summed E-state index contributed by atoms with van der Waals surface area (Å²) in [6, 6.07) is 13.4. The number of aromatic amines is 1. The molecule has 0 saturated heterocycles. The third-order valence-corrected chi connectivity index (χ3v) is 5.32. The number of nitrogens with one attached hydrogen (secondary N) is 1. The number of carboxylic acid groups (broad SMARTS) is 1. The molecule has 2 heterocycles. The number of thioether (sulfide) groups is 1. The van der Waals surface area contributed by atoms with Crippen LogP contribution in [0.15, 0.2) is 58.5 Å². The van der Waals surface area contributed by atoms with E-state index in [0.717, 1.165) is 0 Å². The topological polar surface area (TPSA) is 107 Å². The van der Waals surface area contributed by atoms with Crippen LogP contribution in [0.1, 0.15) is 29.0 Å². The van der Waals surface area contributed by atoms with Gasteiger partial charge in [-0.2, -0.15) is 0 Å². The number of aromatic nitrogens is 3. The molecule has 2 N–H and O–H groups in total. The van der Waals surface area contributed by atoms with Crippen molar-refractivity contribution in [2.75, 3.05) is 11.2 Å². The molecule has 0 unspecified atom stereocenters. The zero-order valence-electron chi connectivity index (χ0n) is 15.6. The van der Waals surface area contributed by atoms with Crippen LogP contribution in [0.4, 0.5) is 5.69 Å². The predicted molar refractivity (Wildman–Crippen MR) is 107 cm³/mol. The summed E-state index contributed by atoms with van der Waals surface area (Å²) in [6.07, 6.45) is 1.06. The number of benzene rings is 2. The van der Waals surface area contributed by atoms with Gasteiger partial charge in [-0.1, -0.05) is 23.9 Å². The third kappa shape index (κ3) is 3.09. The third-order valence-electron chi connectivity index (χ3n) is 4.75. The molecular weight excluding hydrogens is 392 g/mol. The molecule has 8 nitrogen and oxygen atoms in total. The van der Waals surface area contributed by atoms with E-state index in [1.165, 1.54) is 35.5 Å². The molecule has 9 heteroatoms. The highest BCUT2D eigenvalue weighted by molar-refractivity contribution is 7.98. The minimum absolute atomic E-state index is 0.133. The van der Waals surface area contributed by atoms with Gasteiger partial charge in [-0.05, 0) is 47.3 Å². The monoisotopic (exact) mass is 409 g/mol. The first-order chi connectivity index (χ1) is 13.9. The van der Waals surface area contributed by atoms with E-state index in [4.69, 9.17) is 0 Å². The highest BCUT2D eigenvalue weighted by Crippen LogP contribution is 2.37. The first-order valence-electron chi connectivity index (χ1n) is 8.75. The Labute approximate surface area is 169 Å². The Hall–Kier alpha value is -3.46. The van der Waals surface area contributed by atoms with E-state index in [9.17, 15) is 19.5 Å². The maximum absolute atomic E-state index is 12.9. The average Bonchev–Trinajstić information content (AvgIpc) is 2.72. The number of carboxylic acids is 1. The summed E-state index contributed by atoms with van der Waals surface area (Å²) < 4.78 is 1.53. The minimum Gasteiger partial charge on any atom is -0.478 e. The molecule has 0 radical (unpaired) electrons. The Bertz CT molecular complexity index is 1190. The molecular formula is C20H17N4O4S+. The zero-order valence-corrected chi connectivity index (χ0v) is 16.4. The summed E-state index contributed by atoms with van der Waals surface area (Å²) in [5.41, 5.74) is 1.98. The lowest BCUT2D eigenvalue weighted by Gasteiger charge is -2.31. The first-order valence-corrected chi connectivity index (χ1v) is 9.97. The van der Waals surface area contributed by atoms with E-state index in [2.05, 4.69) is 10.1 Å². The SMILES string of the molecule is CSc1n[n+]2c(c(=O)[nH]1)-c1ccccc1N(C(C)=O)[C@@H]2c1ccc(C(=O)O)cc1. The molecule has 1 aliphatic rings. The molecule has 4 rings (SSSR count). The van der Waals surface area contributed by atoms with Crippen LogP contribution in [0.5, 0.6) is 0 Å². The molecule has 1 aliphatic heterocycles. The van der Waals surface area contributed by atoms with E-state index >= 15 is 0 Å². The smallest absolute Gasteiger partial charge is 0.335 e. The lowest BCUT2D eigenvalue weighted by Crippen LogP contribution is -2.60. The summed E-state index contributed by atoms with van der Waals surface area (Å²) in [5.74, 6) is -1.27. The van der Waals surface area contributed by atoms with Crippen LogP contribution in [0, 0.1) is 0 Å². The van der Waals surface area contributed by atoms with Crippen LogP contribution in [-0.4, -0.2) is 33.3 Å². The normalized spacial score (nSPS) is 14.8. The number of hydrogen-bond donors (Lipinski definition) is 2. The Balaban J connectivity index is 2.03. The van der Waals surface area contributed by atoms with E-state index < -0.39 is 12.1 Å². The van der Waals surface area contributed by atoms with Crippen molar-refractivity contribution >= 4 is 29.3 Å². The van der Waals surface area contributed by atoms with Crippen molar-refractivity contribution in [3.05, 3.63) is 70.0 Å². The molecule has 1 aromatic heterocycles. The van der Waals surface area contributed by atoms with Crippen molar-refractivity contribution in [2.45, 2.75) is 18.2 Å². The Morgan fingerprint density at radius 3 is 2.48 bits per heavy atom. The maximum atomic E-state index is 12.9. The van der Waals surface area contributed by atoms with Gasteiger partial charge < -0.3 is 5.11 Å². The average molecular weight is 409 g/mol. The van der Waals surface area contributed by atoms with Crippen molar-refractivity contribution in [1.29, 1.82) is 0 Å². The second-order valence-electron chi connectivity index (χ2n) is 6.46. The van der Waals surface area contributed by atoms with Crippen molar-refractivity contribution in [3.8, 4) is 11.3 Å². The lowest BCUT2D eigenvalue weighted by molar-refractivity contribution is -0.763. The van der Waals surface area contributed by atoms with E-state index in [1.54, 1.807) is 47.6 Å². The van der Waals surface area contributed by atoms with Crippen LogP contribution in [0.25, 0.3) is 11.3 Å². The molecule has 0 saturated carbocycles. The highest BCUT2D eigenvalue weighted by atomic mass is 32.2. The number of carbonyl (C=O) groups excluding carboxylic acids is 1. The van der Waals surface area contributed by atoms with Crippen molar-refractivity contribution in [3.63, 3.8) is 0 Å². The number of H-pyrrole nitrogens is 1. The Kier molecular flexibility index (Phi) is 4.67. The summed E-state index contributed by atoms with van der Waals surface area (Å²) in [5, 5.41) is 14.2.